The summed E-state index contributed by atoms with van der Waals surface area (Å²) in [7, 11) is 1.51. The molecule has 0 aliphatic carbocycles. The summed E-state index contributed by atoms with van der Waals surface area (Å²) in [5.74, 6) is 0.905. The van der Waals surface area contributed by atoms with Crippen LogP contribution >= 0.6 is 0 Å². The molecule has 0 fully saturated rings. The molecule has 0 saturated heterocycles. The van der Waals surface area contributed by atoms with Gasteiger partial charge in [0.15, 0.2) is 11.5 Å². The molecule has 1 heterocycles. The van der Waals surface area contributed by atoms with Crippen molar-refractivity contribution in [2.45, 2.75) is 0 Å². The predicted octanol–water partition coefficient (Wildman–Crippen LogP) is 1.73. The van der Waals surface area contributed by atoms with Crippen molar-refractivity contribution in [3.63, 3.8) is 0 Å². The van der Waals surface area contributed by atoms with Crippen molar-refractivity contribution in [1.29, 1.82) is 5.26 Å². The fraction of sp³-hybridized carbons (Fsp3) is 0.0833. The third-order valence-corrected chi connectivity index (χ3v) is 2.14. The highest BCUT2D eigenvalue weighted by atomic mass is 16.5. The Morgan fingerprint density at radius 2 is 2.11 bits per heavy atom. The summed E-state index contributed by atoms with van der Waals surface area (Å²) < 4.78 is 10.6. The highest BCUT2D eigenvalue weighted by Gasteiger charge is 2.08. The van der Waals surface area contributed by atoms with Gasteiger partial charge in [-0.05, 0) is 18.2 Å². The van der Waals surface area contributed by atoms with Crippen LogP contribution in [0.5, 0.6) is 17.5 Å². The molecule has 0 aliphatic heterocycles. The Hall–Kier alpha value is -2.81. The van der Waals surface area contributed by atoms with Gasteiger partial charge in [0, 0.05) is 18.0 Å². The third kappa shape index (κ3) is 2.47. The SMILES string of the molecule is COc1cc(N)ccc1Oc1nccc(C#N)n1. The van der Waals surface area contributed by atoms with Crippen molar-refractivity contribution in [2.75, 3.05) is 12.8 Å². The first kappa shape index (κ1) is 11.7. The summed E-state index contributed by atoms with van der Waals surface area (Å²) in [6.45, 7) is 0. The van der Waals surface area contributed by atoms with Crippen LogP contribution in [0.3, 0.4) is 0 Å². The number of methoxy groups -OCH3 is 1. The molecule has 1 aromatic carbocycles. The van der Waals surface area contributed by atoms with Gasteiger partial charge >= 0.3 is 6.01 Å². The van der Waals surface area contributed by atoms with E-state index in [1.807, 2.05) is 6.07 Å². The molecular formula is C12H10N4O2. The van der Waals surface area contributed by atoms with Crippen molar-refractivity contribution < 1.29 is 9.47 Å². The smallest absolute Gasteiger partial charge is 0.323 e. The van der Waals surface area contributed by atoms with Crippen LogP contribution in [-0.2, 0) is 0 Å². The molecule has 0 bridgehead atoms. The molecule has 0 atom stereocenters. The topological polar surface area (TPSA) is 94.0 Å². The zero-order valence-electron chi connectivity index (χ0n) is 9.62. The molecule has 0 saturated carbocycles. The maximum Gasteiger partial charge on any atom is 0.323 e. The molecule has 1 aromatic heterocycles. The summed E-state index contributed by atoms with van der Waals surface area (Å²) in [5.41, 5.74) is 6.42. The van der Waals surface area contributed by atoms with Crippen molar-refractivity contribution in [3.8, 4) is 23.6 Å². The number of ether oxygens (including phenoxy) is 2. The highest BCUT2D eigenvalue weighted by Crippen LogP contribution is 2.31. The van der Waals surface area contributed by atoms with E-state index in [9.17, 15) is 0 Å². The number of aromatic nitrogens is 2. The first-order chi connectivity index (χ1) is 8.72. The predicted molar refractivity (Wildman–Crippen MR) is 64.2 cm³/mol. The van der Waals surface area contributed by atoms with Crippen molar-refractivity contribution in [1.82, 2.24) is 9.97 Å². The summed E-state index contributed by atoms with van der Waals surface area (Å²) in [6, 6.07) is 8.43. The second kappa shape index (κ2) is 5.01. The Balaban J connectivity index is 2.31. The van der Waals surface area contributed by atoms with Crippen LogP contribution in [0.4, 0.5) is 5.69 Å². The van der Waals surface area contributed by atoms with Crippen molar-refractivity contribution >= 4 is 5.69 Å². The normalized spacial score (nSPS) is 9.56. The maximum absolute atomic E-state index is 8.73. The summed E-state index contributed by atoms with van der Waals surface area (Å²) in [5, 5.41) is 8.73. The number of rotatable bonds is 3. The highest BCUT2D eigenvalue weighted by molar-refractivity contribution is 5.52. The molecule has 0 aliphatic rings. The van der Waals surface area contributed by atoms with Gasteiger partial charge in [0.2, 0.25) is 0 Å². The van der Waals surface area contributed by atoms with Gasteiger partial charge < -0.3 is 15.2 Å². The van der Waals surface area contributed by atoms with E-state index in [-0.39, 0.29) is 11.7 Å². The Kier molecular flexibility index (Phi) is 3.25. The van der Waals surface area contributed by atoms with Crippen LogP contribution in [0, 0.1) is 11.3 Å². The minimum Gasteiger partial charge on any atom is -0.493 e. The summed E-state index contributed by atoms with van der Waals surface area (Å²) in [6.07, 6.45) is 1.45. The number of hydrogen-bond acceptors (Lipinski definition) is 6. The molecule has 2 N–H and O–H groups in total. The van der Waals surface area contributed by atoms with Gasteiger partial charge in [-0.2, -0.15) is 10.2 Å². The van der Waals surface area contributed by atoms with Gasteiger partial charge in [-0.25, -0.2) is 4.98 Å². The second-order valence-corrected chi connectivity index (χ2v) is 3.35. The summed E-state index contributed by atoms with van der Waals surface area (Å²) in [4.78, 5) is 7.81. The van der Waals surface area contributed by atoms with E-state index in [4.69, 9.17) is 20.5 Å². The number of hydrogen-bond donors (Lipinski definition) is 1. The van der Waals surface area contributed by atoms with Crippen LogP contribution in [-0.4, -0.2) is 17.1 Å². The van der Waals surface area contributed by atoms with Gasteiger partial charge in [0.1, 0.15) is 11.8 Å². The number of nitrogens with zero attached hydrogens (tertiary/aromatic N) is 3. The fourth-order valence-corrected chi connectivity index (χ4v) is 1.32. The zero-order valence-corrected chi connectivity index (χ0v) is 9.62. The standard InChI is InChI=1S/C12H10N4O2/c1-17-11-6-8(14)2-3-10(11)18-12-15-5-4-9(7-13)16-12/h2-6H,14H2,1H3. The largest absolute Gasteiger partial charge is 0.493 e. The molecule has 90 valence electrons. The summed E-state index contributed by atoms with van der Waals surface area (Å²) >= 11 is 0. The van der Waals surface area contributed by atoms with E-state index in [1.165, 1.54) is 19.4 Å². The van der Waals surface area contributed by atoms with Gasteiger partial charge in [0.05, 0.1) is 7.11 Å². The quantitative estimate of drug-likeness (QED) is 0.823. The number of nitrogen functional groups attached to an aromatic ring is 1. The lowest BCUT2D eigenvalue weighted by molar-refractivity contribution is 0.368. The van der Waals surface area contributed by atoms with Gasteiger partial charge in [-0.15, -0.1) is 0 Å². The van der Waals surface area contributed by atoms with E-state index in [1.54, 1.807) is 18.2 Å². The third-order valence-electron chi connectivity index (χ3n) is 2.14. The van der Waals surface area contributed by atoms with E-state index in [0.29, 0.717) is 17.2 Å². The van der Waals surface area contributed by atoms with E-state index in [0.717, 1.165) is 0 Å². The average Bonchev–Trinajstić information content (AvgIpc) is 2.41. The van der Waals surface area contributed by atoms with Crippen molar-refractivity contribution in [3.05, 3.63) is 36.2 Å². The molecule has 0 unspecified atom stereocenters. The van der Waals surface area contributed by atoms with Gasteiger partial charge in [-0.3, -0.25) is 0 Å². The lowest BCUT2D eigenvalue weighted by Crippen LogP contribution is -1.96. The van der Waals surface area contributed by atoms with Gasteiger partial charge in [0.25, 0.3) is 0 Å². The molecule has 6 nitrogen and oxygen atoms in total. The fourth-order valence-electron chi connectivity index (χ4n) is 1.32. The Morgan fingerprint density at radius 3 is 2.83 bits per heavy atom. The minimum absolute atomic E-state index is 0.0807. The Morgan fingerprint density at radius 1 is 1.28 bits per heavy atom. The number of anilines is 1. The van der Waals surface area contributed by atoms with Gasteiger partial charge in [-0.1, -0.05) is 0 Å². The Bertz CT molecular complexity index is 607. The van der Waals surface area contributed by atoms with Crippen LogP contribution in [0.15, 0.2) is 30.5 Å². The number of nitriles is 1. The average molecular weight is 242 g/mol. The molecule has 0 spiro atoms. The van der Waals surface area contributed by atoms with Crippen LogP contribution in [0.1, 0.15) is 5.69 Å². The lowest BCUT2D eigenvalue weighted by atomic mass is 10.3. The molecule has 2 rings (SSSR count). The molecule has 0 radical (unpaired) electrons. The molecule has 0 amide bonds. The molecule has 2 aromatic rings. The molecule has 6 heteroatoms. The molecule has 18 heavy (non-hydrogen) atoms. The number of benzene rings is 1. The van der Waals surface area contributed by atoms with Crippen molar-refractivity contribution in [2.24, 2.45) is 0 Å². The first-order valence-electron chi connectivity index (χ1n) is 5.07. The monoisotopic (exact) mass is 242 g/mol. The van der Waals surface area contributed by atoms with E-state index < -0.39 is 0 Å². The zero-order chi connectivity index (χ0) is 13.0. The maximum atomic E-state index is 8.73. The van der Waals surface area contributed by atoms with E-state index >= 15 is 0 Å². The molecular weight excluding hydrogens is 232 g/mol. The second-order valence-electron chi connectivity index (χ2n) is 3.35. The number of nitrogens with two attached hydrogens (primary N) is 1. The van der Waals surface area contributed by atoms with Crippen LogP contribution in [0.25, 0.3) is 0 Å². The minimum atomic E-state index is 0.0807. The van der Waals surface area contributed by atoms with E-state index in [2.05, 4.69) is 9.97 Å². The Labute approximate surface area is 104 Å². The first-order valence-corrected chi connectivity index (χ1v) is 5.07. The lowest BCUT2D eigenvalue weighted by Gasteiger charge is -2.09. The van der Waals surface area contributed by atoms with Crippen LogP contribution in [0.2, 0.25) is 0 Å². The van der Waals surface area contributed by atoms with Crippen LogP contribution < -0.4 is 15.2 Å².